The van der Waals surface area contributed by atoms with Crippen LogP contribution in [0.2, 0.25) is 0 Å². The van der Waals surface area contributed by atoms with E-state index in [1.165, 1.54) is 12.8 Å². The van der Waals surface area contributed by atoms with Crippen molar-refractivity contribution in [2.45, 2.75) is 32.7 Å². The van der Waals surface area contributed by atoms with Gasteiger partial charge < -0.3 is 14.8 Å². The summed E-state index contributed by atoms with van der Waals surface area (Å²) in [5, 5.41) is 12.3. The van der Waals surface area contributed by atoms with Crippen LogP contribution in [0.3, 0.4) is 0 Å². The Morgan fingerprint density at radius 1 is 1.62 bits per heavy atom. The average Bonchev–Trinajstić information content (AvgIpc) is 2.95. The Labute approximate surface area is 94.6 Å². The van der Waals surface area contributed by atoms with Crippen molar-refractivity contribution in [3.63, 3.8) is 0 Å². The molecule has 1 heterocycles. The fourth-order valence-electron chi connectivity index (χ4n) is 1.85. The number of carboxylic acid groups (broad SMARTS) is 1. The van der Waals surface area contributed by atoms with Crippen LogP contribution < -0.4 is 5.32 Å². The molecule has 1 aliphatic rings. The molecule has 4 heteroatoms. The molecule has 16 heavy (non-hydrogen) atoms. The molecule has 1 aromatic heterocycles. The number of carbonyl (C=O) groups is 1. The molecule has 0 aliphatic heterocycles. The monoisotopic (exact) mass is 223 g/mol. The molecule has 1 aromatic rings. The fraction of sp³-hybridized carbons (Fsp3) is 0.583. The summed E-state index contributed by atoms with van der Waals surface area (Å²) in [6, 6.07) is 0. The molecule has 0 aromatic carbocycles. The summed E-state index contributed by atoms with van der Waals surface area (Å²) in [5.74, 6) is 0.338. The van der Waals surface area contributed by atoms with Gasteiger partial charge in [0.2, 0.25) is 0 Å². The van der Waals surface area contributed by atoms with Crippen LogP contribution in [0.4, 0.5) is 0 Å². The molecule has 0 saturated heterocycles. The Morgan fingerprint density at radius 3 is 2.94 bits per heavy atom. The van der Waals surface area contributed by atoms with Gasteiger partial charge in [-0.2, -0.15) is 0 Å². The quantitative estimate of drug-likeness (QED) is 0.774. The first-order valence-electron chi connectivity index (χ1n) is 5.75. The summed E-state index contributed by atoms with van der Waals surface area (Å²) in [6.07, 6.45) is 4.88. The van der Waals surface area contributed by atoms with Crippen molar-refractivity contribution in [2.24, 2.45) is 5.92 Å². The minimum Gasteiger partial charge on any atom is -0.478 e. The molecule has 88 valence electrons. The van der Waals surface area contributed by atoms with E-state index >= 15 is 0 Å². The van der Waals surface area contributed by atoms with E-state index in [4.69, 9.17) is 4.42 Å². The summed E-state index contributed by atoms with van der Waals surface area (Å²) in [6.45, 7) is 3.27. The third-order valence-electron chi connectivity index (χ3n) is 2.90. The summed E-state index contributed by atoms with van der Waals surface area (Å²) in [4.78, 5) is 11.2. The average molecular weight is 223 g/mol. The van der Waals surface area contributed by atoms with Crippen LogP contribution in [0.1, 0.15) is 41.4 Å². The van der Waals surface area contributed by atoms with Crippen molar-refractivity contribution >= 4 is 5.97 Å². The van der Waals surface area contributed by atoms with E-state index in [0.717, 1.165) is 18.5 Å². The molecule has 2 N–H and O–H groups in total. The van der Waals surface area contributed by atoms with Crippen LogP contribution in [-0.4, -0.2) is 17.6 Å². The maximum Gasteiger partial charge on any atom is 0.339 e. The van der Waals surface area contributed by atoms with Crippen molar-refractivity contribution in [1.82, 2.24) is 5.32 Å². The molecule has 0 spiro atoms. The molecule has 0 atom stereocenters. The first-order chi connectivity index (χ1) is 7.72. The number of hydrogen-bond acceptors (Lipinski definition) is 3. The first-order valence-corrected chi connectivity index (χ1v) is 5.75. The first kappa shape index (κ1) is 11.2. The van der Waals surface area contributed by atoms with Crippen LogP contribution in [0, 0.1) is 5.92 Å². The lowest BCUT2D eigenvalue weighted by Crippen LogP contribution is -2.14. The van der Waals surface area contributed by atoms with Crippen molar-refractivity contribution in [1.29, 1.82) is 0 Å². The van der Waals surface area contributed by atoms with Crippen molar-refractivity contribution in [3.05, 3.63) is 23.2 Å². The second-order valence-corrected chi connectivity index (χ2v) is 4.29. The van der Waals surface area contributed by atoms with Gasteiger partial charge in [-0.05, 0) is 31.7 Å². The zero-order chi connectivity index (χ0) is 11.5. The van der Waals surface area contributed by atoms with E-state index in [9.17, 15) is 9.90 Å². The van der Waals surface area contributed by atoms with Gasteiger partial charge in [-0.25, -0.2) is 4.79 Å². The smallest absolute Gasteiger partial charge is 0.339 e. The van der Waals surface area contributed by atoms with Gasteiger partial charge in [0.05, 0.1) is 12.8 Å². The fourth-order valence-corrected chi connectivity index (χ4v) is 1.85. The van der Waals surface area contributed by atoms with Gasteiger partial charge in [0, 0.05) is 5.56 Å². The molecule has 2 rings (SSSR count). The van der Waals surface area contributed by atoms with E-state index in [-0.39, 0.29) is 0 Å². The molecular formula is C12H17NO3. The number of nitrogens with one attached hydrogen (secondary N) is 1. The molecule has 4 nitrogen and oxygen atoms in total. The molecule has 0 radical (unpaired) electrons. The molecular weight excluding hydrogens is 206 g/mol. The van der Waals surface area contributed by atoms with E-state index in [1.54, 1.807) is 6.26 Å². The third-order valence-corrected chi connectivity index (χ3v) is 2.90. The highest BCUT2D eigenvalue weighted by Crippen LogP contribution is 2.34. The second kappa shape index (κ2) is 4.70. The Balaban J connectivity index is 2.16. The molecule has 1 fully saturated rings. The highest BCUT2D eigenvalue weighted by molar-refractivity contribution is 5.90. The van der Waals surface area contributed by atoms with E-state index in [2.05, 4.69) is 5.32 Å². The number of aromatic carboxylic acids is 1. The lowest BCUT2D eigenvalue weighted by Gasteiger charge is -2.01. The van der Waals surface area contributed by atoms with E-state index in [1.807, 2.05) is 6.92 Å². The molecule has 1 saturated carbocycles. The van der Waals surface area contributed by atoms with Crippen molar-refractivity contribution in [2.75, 3.05) is 6.54 Å². The van der Waals surface area contributed by atoms with Crippen LogP contribution in [0.15, 0.2) is 10.7 Å². The van der Waals surface area contributed by atoms with Crippen LogP contribution >= 0.6 is 0 Å². The summed E-state index contributed by atoms with van der Waals surface area (Å²) in [7, 11) is 0. The van der Waals surface area contributed by atoms with Crippen LogP contribution in [-0.2, 0) is 13.0 Å². The van der Waals surface area contributed by atoms with Gasteiger partial charge >= 0.3 is 5.97 Å². The Morgan fingerprint density at radius 2 is 2.38 bits per heavy atom. The van der Waals surface area contributed by atoms with Gasteiger partial charge in [0.15, 0.2) is 0 Å². The van der Waals surface area contributed by atoms with Gasteiger partial charge in [-0.15, -0.1) is 0 Å². The molecule has 0 bridgehead atoms. The Bertz CT molecular complexity index is 380. The predicted molar refractivity (Wildman–Crippen MR) is 59.5 cm³/mol. The normalized spacial score (nSPS) is 15.3. The standard InChI is InChI=1S/C12H17NO3/c1-2-13-6-10-11(12(14)15)9(7-16-10)5-8-3-4-8/h7-8,13H,2-6H2,1H3,(H,14,15). The minimum absolute atomic E-state index is 0.368. The zero-order valence-corrected chi connectivity index (χ0v) is 9.45. The number of carboxylic acids is 1. The van der Waals surface area contributed by atoms with Gasteiger partial charge in [0.1, 0.15) is 11.3 Å². The maximum atomic E-state index is 11.2. The Kier molecular flexibility index (Phi) is 3.29. The molecule has 0 unspecified atom stereocenters. The van der Waals surface area contributed by atoms with Gasteiger partial charge in [-0.1, -0.05) is 6.92 Å². The highest BCUT2D eigenvalue weighted by atomic mass is 16.4. The van der Waals surface area contributed by atoms with E-state index in [0.29, 0.717) is 23.8 Å². The molecule has 0 amide bonds. The third kappa shape index (κ3) is 2.44. The topological polar surface area (TPSA) is 62.5 Å². The van der Waals surface area contributed by atoms with E-state index < -0.39 is 5.97 Å². The summed E-state index contributed by atoms with van der Waals surface area (Å²) in [5.41, 5.74) is 1.22. The van der Waals surface area contributed by atoms with Gasteiger partial charge in [-0.3, -0.25) is 0 Å². The largest absolute Gasteiger partial charge is 0.478 e. The zero-order valence-electron chi connectivity index (χ0n) is 9.45. The number of furan rings is 1. The number of rotatable bonds is 6. The maximum absolute atomic E-state index is 11.2. The lowest BCUT2D eigenvalue weighted by molar-refractivity contribution is 0.0693. The van der Waals surface area contributed by atoms with Crippen molar-refractivity contribution < 1.29 is 14.3 Å². The van der Waals surface area contributed by atoms with Gasteiger partial charge in [0.25, 0.3) is 0 Å². The minimum atomic E-state index is -0.877. The lowest BCUT2D eigenvalue weighted by atomic mass is 10.1. The van der Waals surface area contributed by atoms with Crippen LogP contribution in [0.25, 0.3) is 0 Å². The summed E-state index contributed by atoms with van der Waals surface area (Å²) >= 11 is 0. The second-order valence-electron chi connectivity index (χ2n) is 4.29. The number of hydrogen-bond donors (Lipinski definition) is 2. The predicted octanol–water partition coefficient (Wildman–Crippen LogP) is 2.04. The Hall–Kier alpha value is -1.29. The SMILES string of the molecule is CCNCc1occ(CC2CC2)c1C(=O)O. The summed E-state index contributed by atoms with van der Waals surface area (Å²) < 4.78 is 5.34. The molecule has 1 aliphatic carbocycles. The van der Waals surface area contributed by atoms with Crippen LogP contribution in [0.5, 0.6) is 0 Å². The highest BCUT2D eigenvalue weighted by Gasteiger charge is 2.27. The van der Waals surface area contributed by atoms with Crippen molar-refractivity contribution in [3.8, 4) is 0 Å².